The summed E-state index contributed by atoms with van der Waals surface area (Å²) in [7, 11) is 0. The minimum absolute atomic E-state index is 0.506. The van der Waals surface area contributed by atoms with Gasteiger partial charge in [-0.25, -0.2) is 0 Å². The lowest BCUT2D eigenvalue weighted by molar-refractivity contribution is 0.232. The summed E-state index contributed by atoms with van der Waals surface area (Å²) in [5.41, 5.74) is 6.00. The first kappa shape index (κ1) is 18.0. The summed E-state index contributed by atoms with van der Waals surface area (Å²) < 4.78 is 0. The van der Waals surface area contributed by atoms with Gasteiger partial charge in [-0.1, -0.05) is 78.1 Å². The third-order valence-corrected chi connectivity index (χ3v) is 5.38. The monoisotopic (exact) mass is 281 g/mol. The van der Waals surface area contributed by atoms with Gasteiger partial charge >= 0.3 is 0 Å². The highest BCUT2D eigenvalue weighted by atomic mass is 14.6. The fraction of sp³-hybridized carbons (Fsp3) is 1.00. The van der Waals surface area contributed by atoms with E-state index < -0.39 is 0 Å². The molecule has 1 aliphatic carbocycles. The van der Waals surface area contributed by atoms with Gasteiger partial charge in [0.15, 0.2) is 0 Å². The first-order valence-electron chi connectivity index (χ1n) is 9.49. The zero-order valence-corrected chi connectivity index (χ0v) is 14.2. The van der Waals surface area contributed by atoms with E-state index in [1.165, 1.54) is 89.9 Å². The summed E-state index contributed by atoms with van der Waals surface area (Å²) in [5, 5.41) is 0. The van der Waals surface area contributed by atoms with E-state index in [0.29, 0.717) is 6.04 Å². The predicted molar refractivity (Wildman–Crippen MR) is 90.9 cm³/mol. The Morgan fingerprint density at radius 1 is 0.800 bits per heavy atom. The van der Waals surface area contributed by atoms with Crippen LogP contribution in [0.25, 0.3) is 0 Å². The molecule has 0 amide bonds. The van der Waals surface area contributed by atoms with E-state index in [0.717, 1.165) is 11.8 Å². The van der Waals surface area contributed by atoms with Crippen LogP contribution in [0.15, 0.2) is 0 Å². The Balaban J connectivity index is 1.88. The normalized spacial score (nSPS) is 24.8. The van der Waals surface area contributed by atoms with E-state index in [4.69, 9.17) is 5.73 Å². The van der Waals surface area contributed by atoms with Crippen LogP contribution in [0.3, 0.4) is 0 Å². The maximum Gasteiger partial charge on any atom is 0.00390 e. The van der Waals surface area contributed by atoms with Crippen molar-refractivity contribution in [1.29, 1.82) is 0 Å². The van der Waals surface area contributed by atoms with E-state index in [-0.39, 0.29) is 0 Å². The first-order valence-corrected chi connectivity index (χ1v) is 9.49. The molecule has 1 unspecified atom stereocenters. The molecule has 0 bridgehead atoms. The molecule has 1 atom stereocenters. The summed E-state index contributed by atoms with van der Waals surface area (Å²) in [4.78, 5) is 0. The summed E-state index contributed by atoms with van der Waals surface area (Å²) in [6.45, 7) is 4.77. The van der Waals surface area contributed by atoms with Crippen molar-refractivity contribution in [3.63, 3.8) is 0 Å². The first-order chi connectivity index (χ1) is 9.74. The van der Waals surface area contributed by atoms with E-state index >= 15 is 0 Å². The van der Waals surface area contributed by atoms with E-state index in [9.17, 15) is 0 Å². The third kappa shape index (κ3) is 8.29. The standard InChI is InChI=1S/C19H39N/c1-3-4-5-6-7-8-9-10-11-12-17(2)18-13-15-19(20)16-14-18/h17-19H,3-16,20H2,1-2H3. The van der Waals surface area contributed by atoms with Gasteiger partial charge in [0.05, 0.1) is 0 Å². The molecular weight excluding hydrogens is 242 g/mol. The summed E-state index contributed by atoms with van der Waals surface area (Å²) >= 11 is 0. The van der Waals surface area contributed by atoms with Crippen LogP contribution in [-0.4, -0.2) is 6.04 Å². The zero-order chi connectivity index (χ0) is 14.6. The van der Waals surface area contributed by atoms with Crippen molar-refractivity contribution in [3.05, 3.63) is 0 Å². The maximum atomic E-state index is 6.00. The lowest BCUT2D eigenvalue weighted by atomic mass is 9.77. The van der Waals surface area contributed by atoms with Gasteiger partial charge in [-0.15, -0.1) is 0 Å². The highest BCUT2D eigenvalue weighted by Gasteiger charge is 2.22. The molecule has 0 aromatic rings. The number of rotatable bonds is 11. The van der Waals surface area contributed by atoms with Gasteiger partial charge in [-0.3, -0.25) is 0 Å². The van der Waals surface area contributed by atoms with Crippen LogP contribution in [-0.2, 0) is 0 Å². The van der Waals surface area contributed by atoms with E-state index in [1.54, 1.807) is 0 Å². The molecule has 1 fully saturated rings. The number of hydrogen-bond acceptors (Lipinski definition) is 1. The molecule has 1 heteroatoms. The fourth-order valence-corrected chi connectivity index (χ4v) is 3.73. The molecule has 1 nitrogen and oxygen atoms in total. The molecular formula is C19H39N. The Morgan fingerprint density at radius 3 is 1.85 bits per heavy atom. The molecule has 1 rings (SSSR count). The molecule has 0 saturated heterocycles. The topological polar surface area (TPSA) is 26.0 Å². The van der Waals surface area contributed by atoms with Crippen molar-refractivity contribution >= 4 is 0 Å². The Morgan fingerprint density at radius 2 is 1.30 bits per heavy atom. The van der Waals surface area contributed by atoms with Crippen LogP contribution >= 0.6 is 0 Å². The molecule has 0 spiro atoms. The molecule has 120 valence electrons. The van der Waals surface area contributed by atoms with Gasteiger partial charge in [0.1, 0.15) is 0 Å². The highest BCUT2D eigenvalue weighted by molar-refractivity contribution is 4.77. The molecule has 0 aromatic carbocycles. The summed E-state index contributed by atoms with van der Waals surface area (Å²) in [6.07, 6.45) is 19.8. The second-order valence-corrected chi connectivity index (χ2v) is 7.27. The van der Waals surface area contributed by atoms with Crippen molar-refractivity contribution in [2.75, 3.05) is 0 Å². The maximum absolute atomic E-state index is 6.00. The second kappa shape index (κ2) is 11.6. The van der Waals surface area contributed by atoms with Crippen molar-refractivity contribution in [3.8, 4) is 0 Å². The van der Waals surface area contributed by atoms with Crippen LogP contribution in [0.5, 0.6) is 0 Å². The van der Waals surface area contributed by atoms with E-state index in [1.807, 2.05) is 0 Å². The van der Waals surface area contributed by atoms with Gasteiger partial charge in [0.2, 0.25) is 0 Å². The summed E-state index contributed by atoms with van der Waals surface area (Å²) in [5.74, 6) is 1.91. The van der Waals surface area contributed by atoms with Crippen LogP contribution < -0.4 is 5.73 Å². The molecule has 20 heavy (non-hydrogen) atoms. The Labute approximate surface area is 128 Å². The Bertz CT molecular complexity index is 206. The highest BCUT2D eigenvalue weighted by Crippen LogP contribution is 2.32. The molecule has 1 aliphatic rings. The van der Waals surface area contributed by atoms with Crippen LogP contribution in [0.2, 0.25) is 0 Å². The van der Waals surface area contributed by atoms with Gasteiger partial charge < -0.3 is 5.73 Å². The number of hydrogen-bond donors (Lipinski definition) is 1. The van der Waals surface area contributed by atoms with Crippen LogP contribution in [0.4, 0.5) is 0 Å². The molecule has 0 heterocycles. The minimum atomic E-state index is 0.506. The van der Waals surface area contributed by atoms with Gasteiger partial charge in [-0.05, 0) is 37.5 Å². The van der Waals surface area contributed by atoms with Gasteiger partial charge in [0.25, 0.3) is 0 Å². The second-order valence-electron chi connectivity index (χ2n) is 7.27. The molecule has 0 aliphatic heterocycles. The van der Waals surface area contributed by atoms with Crippen LogP contribution in [0, 0.1) is 11.8 Å². The molecule has 1 saturated carbocycles. The quantitative estimate of drug-likeness (QED) is 0.458. The van der Waals surface area contributed by atoms with E-state index in [2.05, 4.69) is 13.8 Å². The summed E-state index contributed by atoms with van der Waals surface area (Å²) in [6, 6.07) is 0.506. The van der Waals surface area contributed by atoms with Crippen molar-refractivity contribution in [1.82, 2.24) is 0 Å². The molecule has 0 radical (unpaired) electrons. The zero-order valence-electron chi connectivity index (χ0n) is 14.2. The van der Waals surface area contributed by atoms with Crippen molar-refractivity contribution < 1.29 is 0 Å². The average molecular weight is 282 g/mol. The molecule has 0 aromatic heterocycles. The van der Waals surface area contributed by atoms with Crippen LogP contribution in [0.1, 0.15) is 104 Å². The molecule has 2 N–H and O–H groups in total. The van der Waals surface area contributed by atoms with Gasteiger partial charge in [0, 0.05) is 6.04 Å². The largest absolute Gasteiger partial charge is 0.328 e. The Kier molecular flexibility index (Phi) is 10.4. The third-order valence-electron chi connectivity index (χ3n) is 5.38. The van der Waals surface area contributed by atoms with Crippen molar-refractivity contribution in [2.24, 2.45) is 17.6 Å². The fourth-order valence-electron chi connectivity index (χ4n) is 3.73. The SMILES string of the molecule is CCCCCCCCCCCC(C)C1CCC(N)CC1. The lowest BCUT2D eigenvalue weighted by Crippen LogP contribution is -2.28. The smallest absolute Gasteiger partial charge is 0.00390 e. The lowest BCUT2D eigenvalue weighted by Gasteiger charge is -2.30. The average Bonchev–Trinajstić information content (AvgIpc) is 2.46. The number of unbranched alkanes of at least 4 members (excludes halogenated alkanes) is 8. The predicted octanol–water partition coefficient (Wildman–Crippen LogP) is 6.06. The Hall–Kier alpha value is -0.0400. The van der Waals surface area contributed by atoms with Gasteiger partial charge in [-0.2, -0.15) is 0 Å². The van der Waals surface area contributed by atoms with Crippen molar-refractivity contribution in [2.45, 2.75) is 110 Å². The number of nitrogens with two attached hydrogens (primary N) is 1. The minimum Gasteiger partial charge on any atom is -0.328 e.